The number of thiophene rings is 1. The van der Waals surface area contributed by atoms with Crippen molar-refractivity contribution in [1.82, 2.24) is 24.6 Å². The summed E-state index contributed by atoms with van der Waals surface area (Å²) in [6.45, 7) is 13.5. The lowest BCUT2D eigenvalue weighted by molar-refractivity contribution is -0.133. The molecule has 0 radical (unpaired) electrons. The number of halogens is 1. The van der Waals surface area contributed by atoms with Crippen LogP contribution in [0.4, 0.5) is 0 Å². The summed E-state index contributed by atoms with van der Waals surface area (Å²) < 4.78 is 2.09. The molecule has 0 aliphatic carbocycles. The Kier molecular flexibility index (Phi) is 7.73. The second-order valence-corrected chi connectivity index (χ2v) is 10.4. The molecule has 0 spiro atoms. The Labute approximate surface area is 216 Å². The van der Waals surface area contributed by atoms with Crippen molar-refractivity contribution in [2.24, 2.45) is 4.99 Å². The number of aromatic nitrogens is 3. The number of aliphatic imine (C=N–C) groups is 1. The fourth-order valence-electron chi connectivity index (χ4n) is 4.48. The van der Waals surface area contributed by atoms with Crippen LogP contribution in [0.15, 0.2) is 29.3 Å². The summed E-state index contributed by atoms with van der Waals surface area (Å²) >= 11 is 7.89. The minimum absolute atomic E-state index is 0.109. The number of hydrogen-bond acceptors (Lipinski definition) is 6. The van der Waals surface area contributed by atoms with Gasteiger partial charge in [-0.25, -0.2) is 0 Å². The van der Waals surface area contributed by atoms with E-state index < -0.39 is 6.04 Å². The van der Waals surface area contributed by atoms with Crippen molar-refractivity contribution in [3.63, 3.8) is 0 Å². The zero-order valence-electron chi connectivity index (χ0n) is 21.3. The molecule has 7 nitrogen and oxygen atoms in total. The Morgan fingerprint density at radius 1 is 1.06 bits per heavy atom. The normalized spacial score (nSPS) is 17.6. The van der Waals surface area contributed by atoms with Crippen molar-refractivity contribution in [3.8, 4) is 5.00 Å². The summed E-state index contributed by atoms with van der Waals surface area (Å²) in [6, 6.07) is 7.34. The number of piperazine rings is 1. The fourth-order valence-corrected chi connectivity index (χ4v) is 5.82. The molecule has 0 bridgehead atoms. The topological polar surface area (TPSA) is 66.6 Å². The first-order valence-corrected chi connectivity index (χ1v) is 13.4. The number of likely N-dealkylation sites (N-methyl/N-ethyl adjacent to an activating group) is 1. The van der Waals surface area contributed by atoms with Gasteiger partial charge in [-0.1, -0.05) is 37.6 Å². The number of rotatable bonds is 3. The Morgan fingerprint density at radius 3 is 2.37 bits per heavy atom. The third-order valence-electron chi connectivity index (χ3n) is 6.58. The van der Waals surface area contributed by atoms with E-state index in [-0.39, 0.29) is 12.3 Å². The maximum Gasteiger partial charge on any atom is 0.225 e. The van der Waals surface area contributed by atoms with Gasteiger partial charge < -0.3 is 9.80 Å². The number of aryl methyl sites for hydroxylation is 2. The van der Waals surface area contributed by atoms with Gasteiger partial charge in [-0.2, -0.15) is 0 Å². The van der Waals surface area contributed by atoms with E-state index in [0.717, 1.165) is 59.7 Å². The molecule has 2 aliphatic rings. The number of nitrogens with zero attached hydrogens (tertiary/aromatic N) is 6. The number of benzene rings is 1. The molecule has 1 unspecified atom stereocenters. The van der Waals surface area contributed by atoms with Crippen LogP contribution in [0.3, 0.4) is 0 Å². The van der Waals surface area contributed by atoms with Crippen molar-refractivity contribution in [2.45, 2.75) is 47.1 Å². The largest absolute Gasteiger partial charge is 0.340 e. The highest BCUT2D eigenvalue weighted by Crippen LogP contribution is 2.39. The molecule has 2 aliphatic heterocycles. The molecule has 186 valence electrons. The zero-order valence-corrected chi connectivity index (χ0v) is 22.9. The van der Waals surface area contributed by atoms with Gasteiger partial charge in [0, 0.05) is 47.2 Å². The van der Waals surface area contributed by atoms with Crippen LogP contribution in [-0.2, 0) is 4.79 Å². The summed E-state index contributed by atoms with van der Waals surface area (Å²) in [5.74, 6) is 1.64. The van der Waals surface area contributed by atoms with Crippen molar-refractivity contribution < 1.29 is 4.79 Å². The highest BCUT2D eigenvalue weighted by atomic mass is 35.5. The molecule has 35 heavy (non-hydrogen) atoms. The molecular weight excluding hydrogens is 480 g/mol. The quantitative estimate of drug-likeness (QED) is 0.496. The summed E-state index contributed by atoms with van der Waals surface area (Å²) in [5, 5.41) is 10.6. The summed E-state index contributed by atoms with van der Waals surface area (Å²) in [6.07, 6.45) is 0.270. The lowest BCUT2D eigenvalue weighted by atomic mass is 9.99. The van der Waals surface area contributed by atoms with Crippen molar-refractivity contribution >= 4 is 34.6 Å². The summed E-state index contributed by atoms with van der Waals surface area (Å²) in [5.41, 5.74) is 4.13. The van der Waals surface area contributed by atoms with E-state index >= 15 is 0 Å². The molecule has 1 fully saturated rings. The van der Waals surface area contributed by atoms with Crippen LogP contribution in [0.2, 0.25) is 5.02 Å². The maximum absolute atomic E-state index is 13.3. The molecule has 0 N–H and O–H groups in total. The number of hydrogen-bond donors (Lipinski definition) is 0. The Bertz CT molecular complexity index is 1240. The summed E-state index contributed by atoms with van der Waals surface area (Å²) in [7, 11) is 2.09. The van der Waals surface area contributed by atoms with Crippen molar-refractivity contribution in [1.29, 1.82) is 0 Å². The van der Waals surface area contributed by atoms with Crippen LogP contribution in [0.5, 0.6) is 0 Å². The molecule has 1 amide bonds. The van der Waals surface area contributed by atoms with Gasteiger partial charge >= 0.3 is 0 Å². The smallest absolute Gasteiger partial charge is 0.225 e. The average Bonchev–Trinajstić information content (AvgIpc) is 3.33. The zero-order chi connectivity index (χ0) is 25.3. The van der Waals surface area contributed by atoms with Gasteiger partial charge in [-0.15, -0.1) is 21.5 Å². The highest BCUT2D eigenvalue weighted by molar-refractivity contribution is 7.15. The predicted molar refractivity (Wildman–Crippen MR) is 143 cm³/mol. The minimum atomic E-state index is -0.414. The molecule has 1 atom stereocenters. The number of amides is 1. The molecule has 9 heteroatoms. The number of carbonyl (C=O) groups is 1. The second-order valence-electron chi connectivity index (χ2n) is 8.79. The van der Waals surface area contributed by atoms with Gasteiger partial charge in [-0.3, -0.25) is 14.4 Å². The van der Waals surface area contributed by atoms with E-state index in [0.29, 0.717) is 5.02 Å². The molecule has 0 saturated carbocycles. The van der Waals surface area contributed by atoms with Gasteiger partial charge in [0.2, 0.25) is 5.91 Å². The van der Waals surface area contributed by atoms with E-state index in [9.17, 15) is 4.79 Å². The van der Waals surface area contributed by atoms with Gasteiger partial charge in [0.1, 0.15) is 16.9 Å². The second kappa shape index (κ2) is 10.6. The monoisotopic (exact) mass is 512 g/mol. The first-order chi connectivity index (χ1) is 16.8. The van der Waals surface area contributed by atoms with Gasteiger partial charge in [0.15, 0.2) is 5.82 Å². The van der Waals surface area contributed by atoms with Crippen LogP contribution in [0.1, 0.15) is 59.5 Å². The summed E-state index contributed by atoms with van der Waals surface area (Å²) in [4.78, 5) is 23.9. The molecule has 2 aromatic heterocycles. The van der Waals surface area contributed by atoms with E-state index in [1.165, 1.54) is 10.4 Å². The molecule has 1 saturated heterocycles. The lowest BCUT2D eigenvalue weighted by Gasteiger charge is -2.33. The number of carbonyl (C=O) groups excluding carboxylic acids is 1. The Balaban J connectivity index is 0.00000141. The molecule has 4 heterocycles. The van der Waals surface area contributed by atoms with E-state index in [2.05, 4.69) is 40.6 Å². The number of fused-ring (bicyclic) bond motifs is 3. The van der Waals surface area contributed by atoms with Crippen LogP contribution in [0, 0.1) is 20.8 Å². The lowest BCUT2D eigenvalue weighted by Crippen LogP contribution is -2.47. The maximum atomic E-state index is 13.3. The van der Waals surface area contributed by atoms with E-state index in [4.69, 9.17) is 16.6 Å². The molecule has 5 rings (SSSR count). The first-order valence-electron chi connectivity index (χ1n) is 12.2. The van der Waals surface area contributed by atoms with Gasteiger partial charge in [0.25, 0.3) is 0 Å². The van der Waals surface area contributed by atoms with Crippen LogP contribution in [-0.4, -0.2) is 69.4 Å². The highest BCUT2D eigenvalue weighted by Gasteiger charge is 2.33. The molecule has 3 aromatic rings. The first kappa shape index (κ1) is 25.5. The van der Waals surface area contributed by atoms with Crippen molar-refractivity contribution in [3.05, 3.63) is 62.5 Å². The standard InChI is InChI=1S/C24H27ClN6OS.C2H6/c1-14-15(2)33-24-21(14)22(17-5-7-18(25)8-6-17)26-19(23-28-27-16(3)31(23)24)13-20(32)30-11-9-29(4)10-12-30;1-2/h5-8,19H,9-13H2,1-4H3;1-2H3. The minimum Gasteiger partial charge on any atom is -0.340 e. The molecular formula is C26H33ClN6OS. The average molecular weight is 513 g/mol. The van der Waals surface area contributed by atoms with Gasteiger partial charge in [0.05, 0.1) is 12.1 Å². The van der Waals surface area contributed by atoms with Crippen LogP contribution >= 0.6 is 22.9 Å². The Hall–Kier alpha value is -2.55. The third-order valence-corrected chi connectivity index (χ3v) is 8.03. The molecule has 1 aromatic carbocycles. The van der Waals surface area contributed by atoms with Crippen LogP contribution in [0.25, 0.3) is 5.00 Å². The fraction of sp³-hybridized carbons (Fsp3) is 0.462. The van der Waals surface area contributed by atoms with E-state index in [1.54, 1.807) is 11.3 Å². The third kappa shape index (κ3) is 4.92. The SMILES string of the molecule is CC.Cc1sc2c(c1C)C(c1ccc(Cl)cc1)=NC(CC(=O)N1CCN(C)CC1)c1nnc(C)n1-2. The Morgan fingerprint density at radius 2 is 1.71 bits per heavy atom. The van der Waals surface area contributed by atoms with Crippen LogP contribution < -0.4 is 0 Å². The predicted octanol–water partition coefficient (Wildman–Crippen LogP) is 4.99. The van der Waals surface area contributed by atoms with Crippen molar-refractivity contribution in [2.75, 3.05) is 33.2 Å². The van der Waals surface area contributed by atoms with Gasteiger partial charge in [-0.05, 0) is 45.5 Å². The van der Waals surface area contributed by atoms with E-state index in [1.807, 2.05) is 49.9 Å².